The van der Waals surface area contributed by atoms with Gasteiger partial charge in [0.25, 0.3) is 0 Å². The van der Waals surface area contributed by atoms with Crippen LogP contribution in [-0.4, -0.2) is 10.8 Å². The van der Waals surface area contributed by atoms with Crippen LogP contribution in [0.1, 0.15) is 21.5 Å². The van der Waals surface area contributed by atoms with Crippen LogP contribution in [-0.2, 0) is 6.54 Å². The van der Waals surface area contributed by atoms with Crippen molar-refractivity contribution in [3.8, 4) is 11.1 Å². The first kappa shape index (κ1) is 20.9. The molecular formula is C29H20ClN2O. The summed E-state index contributed by atoms with van der Waals surface area (Å²) in [6.45, 7) is 0.691. The number of fused-ring (bicyclic) bond motifs is 1. The van der Waals surface area contributed by atoms with Gasteiger partial charge in [-0.15, -0.1) is 0 Å². The van der Waals surface area contributed by atoms with Gasteiger partial charge in [-0.25, -0.2) is 0 Å². The number of carbonyl (C=O) groups excluding carboxylic acids is 1. The van der Waals surface area contributed by atoms with E-state index >= 15 is 0 Å². The topological polar surface area (TPSA) is 42.0 Å². The highest BCUT2D eigenvalue weighted by Gasteiger charge is 2.19. The van der Waals surface area contributed by atoms with Crippen LogP contribution < -0.4 is 5.32 Å². The minimum Gasteiger partial charge on any atom is -0.381 e. The zero-order valence-electron chi connectivity index (χ0n) is 17.8. The molecule has 0 bridgehead atoms. The Bertz CT molecular complexity index is 1430. The molecule has 5 rings (SSSR count). The van der Waals surface area contributed by atoms with Gasteiger partial charge in [0.05, 0.1) is 10.5 Å². The van der Waals surface area contributed by atoms with Crippen molar-refractivity contribution in [3.05, 3.63) is 131 Å². The highest BCUT2D eigenvalue weighted by Crippen LogP contribution is 2.36. The summed E-state index contributed by atoms with van der Waals surface area (Å²) in [5.41, 5.74) is 5.73. The lowest BCUT2D eigenvalue weighted by Crippen LogP contribution is -2.05. The zero-order chi connectivity index (χ0) is 22.6. The molecule has 0 fully saturated rings. The number of aromatic nitrogens is 1. The maximum absolute atomic E-state index is 13.5. The highest BCUT2D eigenvalue weighted by atomic mass is 35.5. The van der Waals surface area contributed by atoms with E-state index in [1.165, 1.54) is 5.56 Å². The fourth-order valence-corrected chi connectivity index (χ4v) is 4.17. The number of nitrogens with zero attached hydrogens (tertiary/aromatic N) is 1. The molecule has 0 aliphatic heterocycles. The minimum atomic E-state index is -0.0705. The van der Waals surface area contributed by atoms with Crippen LogP contribution in [0.25, 0.3) is 22.0 Å². The predicted octanol–water partition coefficient (Wildman–Crippen LogP) is 7.20. The van der Waals surface area contributed by atoms with Crippen LogP contribution in [0.5, 0.6) is 0 Å². The molecule has 1 heterocycles. The molecule has 3 nitrogen and oxygen atoms in total. The molecule has 33 heavy (non-hydrogen) atoms. The SMILES string of the molecule is O=C(c1ccccc1)c1cnc2c(Cl)cccc2c1-c1cccc(NCc2cc[c]cc2)c1. The van der Waals surface area contributed by atoms with Crippen molar-refractivity contribution >= 4 is 34.0 Å². The van der Waals surface area contributed by atoms with Crippen molar-refractivity contribution in [1.82, 2.24) is 4.98 Å². The van der Waals surface area contributed by atoms with Crippen LogP contribution in [0, 0.1) is 6.07 Å². The highest BCUT2D eigenvalue weighted by molar-refractivity contribution is 6.35. The summed E-state index contributed by atoms with van der Waals surface area (Å²) < 4.78 is 0. The summed E-state index contributed by atoms with van der Waals surface area (Å²) in [5.74, 6) is -0.0705. The van der Waals surface area contributed by atoms with Crippen LogP contribution in [0.15, 0.2) is 103 Å². The maximum atomic E-state index is 13.5. The zero-order valence-corrected chi connectivity index (χ0v) is 18.5. The Morgan fingerprint density at radius 1 is 0.909 bits per heavy atom. The van der Waals surface area contributed by atoms with Crippen LogP contribution in [0.2, 0.25) is 5.02 Å². The van der Waals surface area contributed by atoms with Gasteiger partial charge in [-0.05, 0) is 35.4 Å². The number of hydrogen-bond donors (Lipinski definition) is 1. The summed E-state index contributed by atoms with van der Waals surface area (Å²) in [6.07, 6.45) is 1.64. The van der Waals surface area contributed by atoms with Crippen molar-refractivity contribution in [1.29, 1.82) is 0 Å². The quantitative estimate of drug-likeness (QED) is 0.280. The molecule has 159 valence electrons. The second-order valence-corrected chi connectivity index (χ2v) is 8.13. The molecule has 5 aromatic rings. The Balaban J connectivity index is 1.62. The van der Waals surface area contributed by atoms with E-state index in [1.807, 2.05) is 91.0 Å². The third-order valence-corrected chi connectivity index (χ3v) is 5.87. The summed E-state index contributed by atoms with van der Waals surface area (Å²) in [7, 11) is 0. The first-order chi connectivity index (χ1) is 16.2. The van der Waals surface area contributed by atoms with Crippen molar-refractivity contribution in [2.45, 2.75) is 6.54 Å². The number of benzene rings is 4. The molecule has 0 saturated heterocycles. The van der Waals surface area contributed by atoms with E-state index < -0.39 is 0 Å². The largest absolute Gasteiger partial charge is 0.381 e. The first-order valence-corrected chi connectivity index (χ1v) is 11.0. The fraction of sp³-hybridized carbons (Fsp3) is 0.0345. The molecular weight excluding hydrogens is 428 g/mol. The van der Waals surface area contributed by atoms with Gasteiger partial charge < -0.3 is 5.32 Å². The summed E-state index contributed by atoms with van der Waals surface area (Å²) in [6, 6.07) is 33.9. The van der Waals surface area contributed by atoms with E-state index in [0.717, 1.165) is 22.2 Å². The Morgan fingerprint density at radius 3 is 2.52 bits per heavy atom. The molecule has 0 aliphatic rings. The second-order valence-electron chi connectivity index (χ2n) is 7.72. The number of pyridine rings is 1. The summed E-state index contributed by atoms with van der Waals surface area (Å²) >= 11 is 6.45. The van der Waals surface area contributed by atoms with Gasteiger partial charge in [0, 0.05) is 40.5 Å². The lowest BCUT2D eigenvalue weighted by Gasteiger charge is -2.15. The lowest BCUT2D eigenvalue weighted by molar-refractivity contribution is 0.103. The molecule has 1 N–H and O–H groups in total. The average molecular weight is 448 g/mol. The van der Waals surface area contributed by atoms with E-state index in [0.29, 0.717) is 28.2 Å². The fourth-order valence-electron chi connectivity index (χ4n) is 3.94. The van der Waals surface area contributed by atoms with Crippen molar-refractivity contribution < 1.29 is 4.79 Å². The number of carbonyl (C=O) groups is 1. The van der Waals surface area contributed by atoms with Crippen molar-refractivity contribution in [3.63, 3.8) is 0 Å². The molecule has 0 spiro atoms. The van der Waals surface area contributed by atoms with Gasteiger partial charge in [0.1, 0.15) is 0 Å². The molecule has 0 amide bonds. The van der Waals surface area contributed by atoms with Gasteiger partial charge in [-0.1, -0.05) is 90.5 Å². The number of anilines is 1. The lowest BCUT2D eigenvalue weighted by atomic mass is 9.92. The third-order valence-electron chi connectivity index (χ3n) is 5.56. The van der Waals surface area contributed by atoms with Gasteiger partial charge in [0.2, 0.25) is 0 Å². The number of nitrogens with one attached hydrogen (secondary N) is 1. The third kappa shape index (κ3) is 4.36. The van der Waals surface area contributed by atoms with Gasteiger partial charge in [-0.3, -0.25) is 9.78 Å². The smallest absolute Gasteiger partial charge is 0.195 e. The van der Waals surface area contributed by atoms with Crippen LogP contribution >= 0.6 is 11.6 Å². The molecule has 0 unspecified atom stereocenters. The van der Waals surface area contributed by atoms with Crippen molar-refractivity contribution in [2.24, 2.45) is 0 Å². The molecule has 0 aliphatic carbocycles. The molecule has 0 saturated carbocycles. The normalized spacial score (nSPS) is 10.8. The molecule has 4 heteroatoms. The molecule has 4 aromatic carbocycles. The van der Waals surface area contributed by atoms with E-state index in [2.05, 4.69) is 22.4 Å². The minimum absolute atomic E-state index is 0.0705. The van der Waals surface area contributed by atoms with Gasteiger partial charge in [0.15, 0.2) is 5.78 Å². The summed E-state index contributed by atoms with van der Waals surface area (Å²) in [4.78, 5) is 18.0. The number of rotatable bonds is 6. The molecule has 1 aromatic heterocycles. The Morgan fingerprint density at radius 2 is 1.70 bits per heavy atom. The standard InChI is InChI=1S/C29H20ClN2O/c30-26-16-8-15-24-27(25(19-32-28(24)26)29(33)21-11-5-2-6-12-21)22-13-7-14-23(17-22)31-18-20-9-3-1-4-10-20/h2-17,19,31H,18H2. The first-order valence-electron chi connectivity index (χ1n) is 10.7. The van der Waals surface area contributed by atoms with Crippen LogP contribution in [0.4, 0.5) is 5.69 Å². The van der Waals surface area contributed by atoms with Gasteiger partial charge in [-0.2, -0.15) is 0 Å². The number of hydrogen-bond acceptors (Lipinski definition) is 3. The number of halogens is 1. The monoisotopic (exact) mass is 447 g/mol. The predicted molar refractivity (Wildman–Crippen MR) is 135 cm³/mol. The van der Waals surface area contributed by atoms with Crippen molar-refractivity contribution in [2.75, 3.05) is 5.32 Å². The number of para-hydroxylation sites is 1. The van der Waals surface area contributed by atoms with E-state index in [4.69, 9.17) is 11.6 Å². The Hall–Kier alpha value is -3.95. The van der Waals surface area contributed by atoms with E-state index in [-0.39, 0.29) is 5.78 Å². The number of ketones is 1. The van der Waals surface area contributed by atoms with E-state index in [1.54, 1.807) is 6.20 Å². The van der Waals surface area contributed by atoms with Crippen LogP contribution in [0.3, 0.4) is 0 Å². The molecule has 0 atom stereocenters. The van der Waals surface area contributed by atoms with Gasteiger partial charge >= 0.3 is 0 Å². The summed E-state index contributed by atoms with van der Waals surface area (Å²) in [5, 5.41) is 4.88. The Labute approximate surface area is 197 Å². The molecule has 1 radical (unpaired) electrons. The van der Waals surface area contributed by atoms with E-state index in [9.17, 15) is 4.79 Å². The maximum Gasteiger partial charge on any atom is 0.195 e. The Kier molecular flexibility index (Phi) is 5.88. The second kappa shape index (κ2) is 9.27. The average Bonchev–Trinajstić information content (AvgIpc) is 2.88.